The van der Waals surface area contributed by atoms with Crippen molar-refractivity contribution in [2.45, 2.75) is 26.3 Å². The van der Waals surface area contributed by atoms with Crippen LogP contribution in [0.5, 0.6) is 5.75 Å². The lowest BCUT2D eigenvalue weighted by Gasteiger charge is -2.29. The maximum absolute atomic E-state index is 10.8. The van der Waals surface area contributed by atoms with Crippen LogP contribution in [0.1, 0.15) is 25.3 Å². The standard InChI is InChI=1S/C17H19NO2.C3H8O/c19-12-13-6-8-18(9-7-13)11-14-4-5-16-15(10-14)2-1-3-17(16)20;1-3-4-2/h1-5,10,12-13,20H,6-9,11H2;3H2,1-2H3. The molecule has 0 amide bonds. The SMILES string of the molecule is CCOC.O=CC1CCN(Cc2ccc3c(O)cccc3c2)CC1. The van der Waals surface area contributed by atoms with E-state index in [1.165, 1.54) is 5.56 Å². The van der Waals surface area contributed by atoms with Gasteiger partial charge in [0.1, 0.15) is 12.0 Å². The van der Waals surface area contributed by atoms with Crippen LogP contribution in [-0.2, 0) is 16.1 Å². The van der Waals surface area contributed by atoms with E-state index in [2.05, 4.69) is 21.8 Å². The molecule has 24 heavy (non-hydrogen) atoms. The molecule has 1 heterocycles. The number of hydrogen-bond acceptors (Lipinski definition) is 4. The van der Waals surface area contributed by atoms with Gasteiger partial charge in [-0.2, -0.15) is 0 Å². The third-order valence-electron chi connectivity index (χ3n) is 4.44. The van der Waals surface area contributed by atoms with Gasteiger partial charge in [0.25, 0.3) is 0 Å². The molecule has 130 valence electrons. The van der Waals surface area contributed by atoms with Gasteiger partial charge < -0.3 is 14.6 Å². The molecule has 0 radical (unpaired) electrons. The van der Waals surface area contributed by atoms with Crippen molar-refractivity contribution in [1.82, 2.24) is 4.90 Å². The van der Waals surface area contributed by atoms with E-state index >= 15 is 0 Å². The Kier molecular flexibility index (Phi) is 7.22. The number of piperidine rings is 1. The third kappa shape index (κ3) is 5.05. The number of nitrogens with zero attached hydrogens (tertiary/aromatic N) is 1. The average Bonchev–Trinajstić information content (AvgIpc) is 2.63. The van der Waals surface area contributed by atoms with Crippen LogP contribution in [0.15, 0.2) is 36.4 Å². The quantitative estimate of drug-likeness (QED) is 0.871. The number of carbonyl (C=O) groups excluding carboxylic acids is 1. The van der Waals surface area contributed by atoms with E-state index in [1.54, 1.807) is 13.2 Å². The summed E-state index contributed by atoms with van der Waals surface area (Å²) in [6, 6.07) is 11.8. The Morgan fingerprint density at radius 3 is 2.58 bits per heavy atom. The number of aromatic hydroxyl groups is 1. The summed E-state index contributed by atoms with van der Waals surface area (Å²) in [5.41, 5.74) is 1.26. The van der Waals surface area contributed by atoms with Gasteiger partial charge in [-0.05, 0) is 55.9 Å². The maximum atomic E-state index is 10.8. The number of carbonyl (C=O) groups is 1. The molecule has 0 saturated carbocycles. The molecule has 0 aliphatic carbocycles. The predicted molar refractivity (Wildman–Crippen MR) is 97.2 cm³/mol. The molecule has 1 aliphatic rings. The second-order valence-electron chi connectivity index (χ2n) is 6.16. The summed E-state index contributed by atoms with van der Waals surface area (Å²) < 4.78 is 4.54. The number of fused-ring (bicyclic) bond motifs is 1. The fourth-order valence-electron chi connectivity index (χ4n) is 2.92. The number of hydrogen-bond donors (Lipinski definition) is 1. The molecule has 4 heteroatoms. The molecule has 1 aliphatic heterocycles. The lowest BCUT2D eigenvalue weighted by Crippen LogP contribution is -2.33. The van der Waals surface area contributed by atoms with Gasteiger partial charge in [0, 0.05) is 31.6 Å². The molecule has 1 N–H and O–H groups in total. The number of benzene rings is 2. The first-order chi connectivity index (χ1) is 11.7. The van der Waals surface area contributed by atoms with Gasteiger partial charge in [0.2, 0.25) is 0 Å². The number of rotatable bonds is 4. The highest BCUT2D eigenvalue weighted by molar-refractivity contribution is 5.88. The van der Waals surface area contributed by atoms with Crippen LogP contribution in [0.3, 0.4) is 0 Å². The number of aldehydes is 1. The highest BCUT2D eigenvalue weighted by Crippen LogP contribution is 2.26. The molecular weight excluding hydrogens is 302 g/mol. The first kappa shape index (κ1) is 18.4. The van der Waals surface area contributed by atoms with Gasteiger partial charge in [-0.25, -0.2) is 0 Å². The van der Waals surface area contributed by atoms with Crippen LogP contribution in [-0.4, -0.2) is 43.1 Å². The fourth-order valence-corrected chi connectivity index (χ4v) is 2.92. The summed E-state index contributed by atoms with van der Waals surface area (Å²) in [6.45, 7) is 5.67. The summed E-state index contributed by atoms with van der Waals surface area (Å²) >= 11 is 0. The first-order valence-electron chi connectivity index (χ1n) is 8.55. The van der Waals surface area contributed by atoms with Gasteiger partial charge in [0.05, 0.1) is 0 Å². The fraction of sp³-hybridized carbons (Fsp3) is 0.450. The smallest absolute Gasteiger partial charge is 0.123 e. The number of phenols is 1. The van der Waals surface area contributed by atoms with Crippen molar-refractivity contribution in [2.75, 3.05) is 26.8 Å². The minimum atomic E-state index is 0.250. The van der Waals surface area contributed by atoms with Crippen molar-refractivity contribution in [3.8, 4) is 5.75 Å². The van der Waals surface area contributed by atoms with Gasteiger partial charge in [-0.15, -0.1) is 0 Å². The molecule has 0 bridgehead atoms. The molecule has 1 saturated heterocycles. The molecule has 0 atom stereocenters. The molecular formula is C20H27NO3. The Bertz CT molecular complexity index is 646. The van der Waals surface area contributed by atoms with E-state index in [4.69, 9.17) is 0 Å². The topological polar surface area (TPSA) is 49.8 Å². The van der Waals surface area contributed by atoms with Crippen LogP contribution in [0.2, 0.25) is 0 Å². The highest BCUT2D eigenvalue weighted by Gasteiger charge is 2.18. The van der Waals surface area contributed by atoms with Crippen LogP contribution >= 0.6 is 0 Å². The predicted octanol–water partition coefficient (Wildman–Crippen LogP) is 3.61. The highest BCUT2D eigenvalue weighted by atomic mass is 16.5. The summed E-state index contributed by atoms with van der Waals surface area (Å²) in [5.74, 6) is 0.584. The van der Waals surface area contributed by atoms with E-state index in [0.29, 0.717) is 5.75 Å². The minimum absolute atomic E-state index is 0.250. The van der Waals surface area contributed by atoms with Gasteiger partial charge in [-0.1, -0.05) is 24.3 Å². The molecule has 2 aromatic rings. The third-order valence-corrected chi connectivity index (χ3v) is 4.44. The Balaban J connectivity index is 0.000000471. The van der Waals surface area contributed by atoms with Gasteiger partial charge in [0.15, 0.2) is 0 Å². The van der Waals surface area contributed by atoms with E-state index in [1.807, 2.05) is 25.1 Å². The second kappa shape index (κ2) is 9.40. The normalized spacial score (nSPS) is 15.8. The number of phenolic OH excluding ortho intramolecular Hbond substituents is 1. The summed E-state index contributed by atoms with van der Waals surface area (Å²) in [6.07, 6.45) is 3.03. The zero-order chi connectivity index (χ0) is 17.4. The van der Waals surface area contributed by atoms with Crippen LogP contribution in [0, 0.1) is 5.92 Å². The molecule has 4 nitrogen and oxygen atoms in total. The molecule has 0 aromatic heterocycles. The molecule has 2 aromatic carbocycles. The molecule has 0 unspecified atom stereocenters. The lowest BCUT2D eigenvalue weighted by molar-refractivity contribution is -0.112. The summed E-state index contributed by atoms with van der Waals surface area (Å²) in [4.78, 5) is 13.2. The van der Waals surface area contributed by atoms with Crippen molar-refractivity contribution in [3.05, 3.63) is 42.0 Å². The summed E-state index contributed by atoms with van der Waals surface area (Å²) in [7, 11) is 1.68. The first-order valence-corrected chi connectivity index (χ1v) is 8.55. The molecule has 0 spiro atoms. The lowest BCUT2D eigenvalue weighted by atomic mass is 9.98. The molecule has 1 fully saturated rings. The minimum Gasteiger partial charge on any atom is -0.507 e. The second-order valence-corrected chi connectivity index (χ2v) is 6.16. The Labute approximate surface area is 144 Å². The average molecular weight is 329 g/mol. The van der Waals surface area contributed by atoms with Gasteiger partial charge >= 0.3 is 0 Å². The largest absolute Gasteiger partial charge is 0.507 e. The molecule has 3 rings (SSSR count). The number of likely N-dealkylation sites (tertiary alicyclic amines) is 1. The zero-order valence-corrected chi connectivity index (χ0v) is 14.6. The van der Waals surface area contributed by atoms with Gasteiger partial charge in [-0.3, -0.25) is 4.90 Å². The Morgan fingerprint density at radius 1 is 1.25 bits per heavy atom. The Hall–Kier alpha value is -1.91. The van der Waals surface area contributed by atoms with Crippen molar-refractivity contribution in [3.63, 3.8) is 0 Å². The number of ether oxygens (including phenoxy) is 1. The summed E-state index contributed by atoms with van der Waals surface area (Å²) in [5, 5.41) is 11.8. The van der Waals surface area contributed by atoms with E-state index < -0.39 is 0 Å². The number of methoxy groups -OCH3 is 1. The van der Waals surface area contributed by atoms with Crippen LogP contribution in [0.25, 0.3) is 10.8 Å². The maximum Gasteiger partial charge on any atom is 0.123 e. The van der Waals surface area contributed by atoms with Crippen molar-refractivity contribution >= 4 is 17.1 Å². The monoisotopic (exact) mass is 329 g/mol. The van der Waals surface area contributed by atoms with E-state index in [-0.39, 0.29) is 5.92 Å². The van der Waals surface area contributed by atoms with Crippen LogP contribution < -0.4 is 0 Å². The van der Waals surface area contributed by atoms with Crippen molar-refractivity contribution < 1.29 is 14.6 Å². The Morgan fingerprint density at radius 2 is 1.96 bits per heavy atom. The zero-order valence-electron chi connectivity index (χ0n) is 14.6. The van der Waals surface area contributed by atoms with Crippen molar-refractivity contribution in [1.29, 1.82) is 0 Å². The van der Waals surface area contributed by atoms with Crippen LogP contribution in [0.4, 0.5) is 0 Å². The van der Waals surface area contributed by atoms with E-state index in [9.17, 15) is 9.90 Å². The van der Waals surface area contributed by atoms with Crippen molar-refractivity contribution in [2.24, 2.45) is 5.92 Å². The van der Waals surface area contributed by atoms with E-state index in [0.717, 1.165) is 56.1 Å².